The summed E-state index contributed by atoms with van der Waals surface area (Å²) in [6, 6.07) is -0.567. The Hall–Kier alpha value is -1.10. The molecule has 0 spiro atoms. The van der Waals surface area contributed by atoms with Crippen molar-refractivity contribution in [1.82, 2.24) is 4.90 Å². The van der Waals surface area contributed by atoms with Gasteiger partial charge in [-0.05, 0) is 31.1 Å². The summed E-state index contributed by atoms with van der Waals surface area (Å²) >= 11 is 0. The Balaban J connectivity index is 1.79. The van der Waals surface area contributed by atoms with Crippen LogP contribution in [0, 0.1) is 11.8 Å². The van der Waals surface area contributed by atoms with Crippen molar-refractivity contribution in [2.45, 2.75) is 31.7 Å². The van der Waals surface area contributed by atoms with E-state index in [4.69, 9.17) is 11.5 Å². The fourth-order valence-corrected chi connectivity index (χ4v) is 2.44. The number of nitrogens with zero attached hydrogens (tertiary/aromatic N) is 1. The van der Waals surface area contributed by atoms with Crippen LogP contribution >= 0.6 is 0 Å². The van der Waals surface area contributed by atoms with Gasteiger partial charge in [0.2, 0.25) is 11.8 Å². The first-order chi connectivity index (χ1) is 7.58. The van der Waals surface area contributed by atoms with Gasteiger partial charge in [0, 0.05) is 19.5 Å². The lowest BCUT2D eigenvalue weighted by Gasteiger charge is -2.28. The van der Waals surface area contributed by atoms with Gasteiger partial charge in [-0.15, -0.1) is 0 Å². The molecule has 3 atom stereocenters. The molecule has 2 unspecified atom stereocenters. The molecule has 0 aromatic heterocycles. The predicted molar refractivity (Wildman–Crippen MR) is 59.2 cm³/mol. The van der Waals surface area contributed by atoms with Crippen LogP contribution in [0.4, 0.5) is 0 Å². The molecule has 1 heterocycles. The molecule has 0 radical (unpaired) electrons. The van der Waals surface area contributed by atoms with Gasteiger partial charge >= 0.3 is 0 Å². The normalized spacial score (nSPS) is 29.4. The number of piperidine rings is 1. The number of hydrogen-bond donors (Lipinski definition) is 2. The van der Waals surface area contributed by atoms with Crippen molar-refractivity contribution in [2.24, 2.45) is 23.3 Å². The highest BCUT2D eigenvalue weighted by molar-refractivity contribution is 5.83. The van der Waals surface area contributed by atoms with Crippen molar-refractivity contribution < 1.29 is 9.59 Å². The van der Waals surface area contributed by atoms with E-state index in [0.29, 0.717) is 12.3 Å². The third-order valence-electron chi connectivity index (χ3n) is 3.62. The summed E-state index contributed by atoms with van der Waals surface area (Å²) in [7, 11) is 0. The number of primary amides is 1. The molecule has 5 nitrogen and oxygen atoms in total. The van der Waals surface area contributed by atoms with Gasteiger partial charge in [-0.25, -0.2) is 0 Å². The van der Waals surface area contributed by atoms with E-state index >= 15 is 0 Å². The van der Waals surface area contributed by atoms with Crippen LogP contribution in [0.1, 0.15) is 25.7 Å². The largest absolute Gasteiger partial charge is 0.370 e. The van der Waals surface area contributed by atoms with Crippen molar-refractivity contribution in [2.75, 3.05) is 13.1 Å². The standard InChI is InChI=1S/C11H19N3O2/c12-9(1-2-10(13)15)11(16)14-4-3-7-5-8(7)6-14/h7-9H,1-6,12H2,(H2,13,15)/t7?,8?,9-/m0/s1. The van der Waals surface area contributed by atoms with Crippen molar-refractivity contribution in [3.63, 3.8) is 0 Å². The summed E-state index contributed by atoms with van der Waals surface area (Å²) in [4.78, 5) is 24.4. The Bertz CT molecular complexity index is 306. The van der Waals surface area contributed by atoms with Crippen molar-refractivity contribution in [3.8, 4) is 0 Å². The average molecular weight is 225 g/mol. The minimum atomic E-state index is -0.567. The summed E-state index contributed by atoms with van der Waals surface area (Å²) in [5.41, 5.74) is 10.8. The van der Waals surface area contributed by atoms with E-state index < -0.39 is 11.9 Å². The van der Waals surface area contributed by atoms with Gasteiger partial charge in [-0.1, -0.05) is 0 Å². The van der Waals surface area contributed by atoms with Gasteiger partial charge in [0.25, 0.3) is 0 Å². The van der Waals surface area contributed by atoms with E-state index in [2.05, 4.69) is 0 Å². The van der Waals surface area contributed by atoms with E-state index in [1.807, 2.05) is 4.90 Å². The molecule has 2 fully saturated rings. The van der Waals surface area contributed by atoms with Crippen LogP contribution in [-0.4, -0.2) is 35.8 Å². The number of carbonyl (C=O) groups excluding carboxylic acids is 2. The molecule has 0 aromatic carbocycles. The second-order valence-corrected chi connectivity index (χ2v) is 4.94. The van der Waals surface area contributed by atoms with Crippen LogP contribution in [0.5, 0.6) is 0 Å². The molecule has 1 saturated heterocycles. The number of nitrogens with two attached hydrogens (primary N) is 2. The molecular formula is C11H19N3O2. The van der Waals surface area contributed by atoms with Gasteiger partial charge in [0.1, 0.15) is 0 Å². The molecule has 2 rings (SSSR count). The molecule has 0 bridgehead atoms. The third-order valence-corrected chi connectivity index (χ3v) is 3.62. The Morgan fingerprint density at radius 1 is 1.38 bits per heavy atom. The van der Waals surface area contributed by atoms with Crippen LogP contribution in [0.3, 0.4) is 0 Å². The molecular weight excluding hydrogens is 206 g/mol. The number of likely N-dealkylation sites (tertiary alicyclic amines) is 1. The van der Waals surface area contributed by atoms with Crippen molar-refractivity contribution in [3.05, 3.63) is 0 Å². The number of fused-ring (bicyclic) bond motifs is 1. The quantitative estimate of drug-likeness (QED) is 0.672. The summed E-state index contributed by atoms with van der Waals surface area (Å²) < 4.78 is 0. The minimum absolute atomic E-state index is 0.0217. The number of hydrogen-bond acceptors (Lipinski definition) is 3. The highest BCUT2D eigenvalue weighted by Crippen LogP contribution is 2.44. The van der Waals surface area contributed by atoms with Crippen LogP contribution in [0.2, 0.25) is 0 Å². The molecule has 16 heavy (non-hydrogen) atoms. The Kier molecular flexibility index (Phi) is 3.14. The molecule has 4 N–H and O–H groups in total. The smallest absolute Gasteiger partial charge is 0.239 e. The molecule has 90 valence electrons. The second-order valence-electron chi connectivity index (χ2n) is 4.94. The van der Waals surface area contributed by atoms with Crippen molar-refractivity contribution >= 4 is 11.8 Å². The predicted octanol–water partition coefficient (Wildman–Crippen LogP) is -0.552. The van der Waals surface area contributed by atoms with E-state index in [1.165, 1.54) is 6.42 Å². The highest BCUT2D eigenvalue weighted by Gasteiger charge is 2.43. The zero-order valence-corrected chi connectivity index (χ0v) is 9.39. The lowest BCUT2D eigenvalue weighted by Crippen LogP contribution is -2.46. The first kappa shape index (κ1) is 11.4. The van der Waals surface area contributed by atoms with E-state index in [0.717, 1.165) is 25.4 Å². The molecule has 5 heteroatoms. The Morgan fingerprint density at radius 3 is 2.75 bits per heavy atom. The van der Waals surface area contributed by atoms with E-state index in [9.17, 15) is 9.59 Å². The number of amides is 2. The van der Waals surface area contributed by atoms with Gasteiger partial charge in [0.15, 0.2) is 0 Å². The lowest BCUT2D eigenvalue weighted by atomic mass is 10.1. The minimum Gasteiger partial charge on any atom is -0.370 e. The maximum Gasteiger partial charge on any atom is 0.239 e. The number of carbonyl (C=O) groups is 2. The summed E-state index contributed by atoms with van der Waals surface area (Å²) in [5.74, 6) is 1.14. The molecule has 1 saturated carbocycles. The van der Waals surface area contributed by atoms with Gasteiger partial charge < -0.3 is 16.4 Å². The first-order valence-electron chi connectivity index (χ1n) is 5.90. The maximum absolute atomic E-state index is 11.9. The SMILES string of the molecule is NC(=O)CC[C@H](N)C(=O)N1CCC2CC2C1. The third kappa shape index (κ3) is 2.52. The lowest BCUT2D eigenvalue weighted by molar-refractivity contribution is -0.133. The fraction of sp³-hybridized carbons (Fsp3) is 0.818. The highest BCUT2D eigenvalue weighted by atomic mass is 16.2. The van der Waals surface area contributed by atoms with E-state index in [-0.39, 0.29) is 12.3 Å². The first-order valence-corrected chi connectivity index (χ1v) is 5.90. The average Bonchev–Trinajstić information content (AvgIpc) is 3.02. The Labute approximate surface area is 95.1 Å². The molecule has 1 aliphatic heterocycles. The summed E-state index contributed by atoms with van der Waals surface area (Å²) in [5, 5.41) is 0. The molecule has 2 amide bonds. The van der Waals surface area contributed by atoms with E-state index in [1.54, 1.807) is 0 Å². The van der Waals surface area contributed by atoms with Gasteiger partial charge in [0.05, 0.1) is 6.04 Å². The summed E-state index contributed by atoms with van der Waals surface area (Å²) in [6.45, 7) is 1.68. The fourth-order valence-electron chi connectivity index (χ4n) is 2.44. The van der Waals surface area contributed by atoms with Gasteiger partial charge in [-0.3, -0.25) is 9.59 Å². The summed E-state index contributed by atoms with van der Waals surface area (Å²) in [6.07, 6.45) is 2.92. The van der Waals surface area contributed by atoms with Gasteiger partial charge in [-0.2, -0.15) is 0 Å². The monoisotopic (exact) mass is 225 g/mol. The molecule has 2 aliphatic rings. The van der Waals surface area contributed by atoms with Crippen molar-refractivity contribution in [1.29, 1.82) is 0 Å². The van der Waals surface area contributed by atoms with Crippen LogP contribution in [0.15, 0.2) is 0 Å². The topological polar surface area (TPSA) is 89.4 Å². The Morgan fingerprint density at radius 2 is 2.12 bits per heavy atom. The molecule has 1 aliphatic carbocycles. The van der Waals surface area contributed by atoms with Crippen LogP contribution in [-0.2, 0) is 9.59 Å². The second kappa shape index (κ2) is 4.41. The zero-order valence-electron chi connectivity index (χ0n) is 9.39. The maximum atomic E-state index is 11.9. The van der Waals surface area contributed by atoms with Crippen LogP contribution < -0.4 is 11.5 Å². The number of rotatable bonds is 4. The van der Waals surface area contributed by atoms with Crippen LogP contribution in [0.25, 0.3) is 0 Å². The zero-order chi connectivity index (χ0) is 11.7. The molecule has 0 aromatic rings.